The van der Waals surface area contributed by atoms with E-state index < -0.39 is 23.4 Å². The van der Waals surface area contributed by atoms with Crippen LogP contribution in [0.2, 0.25) is 5.02 Å². The molecule has 0 aliphatic carbocycles. The quantitative estimate of drug-likeness (QED) is 0.460. The van der Waals surface area contributed by atoms with Crippen LogP contribution in [-0.2, 0) is 6.42 Å². The van der Waals surface area contributed by atoms with Crippen molar-refractivity contribution in [3.05, 3.63) is 100 Å². The average Bonchev–Trinajstić information content (AvgIpc) is 2.69. The topological polar surface area (TPSA) is 46.0 Å². The zero-order valence-corrected chi connectivity index (χ0v) is 15.7. The van der Waals surface area contributed by atoms with Gasteiger partial charge in [0.1, 0.15) is 28.7 Å². The number of pyridine rings is 2. The Morgan fingerprint density at radius 3 is 2.55 bits per heavy atom. The van der Waals surface area contributed by atoms with Crippen molar-refractivity contribution in [1.82, 2.24) is 9.97 Å². The molecule has 2 aromatic heterocycles. The summed E-state index contributed by atoms with van der Waals surface area (Å²) in [7, 11) is 0. The first-order chi connectivity index (χ1) is 14.0. The van der Waals surface area contributed by atoms with Gasteiger partial charge in [0.25, 0.3) is 0 Å². The van der Waals surface area contributed by atoms with Crippen molar-refractivity contribution in [2.45, 2.75) is 12.3 Å². The van der Waals surface area contributed by atoms with Crippen molar-refractivity contribution in [2.75, 3.05) is 0 Å². The van der Waals surface area contributed by atoms with Gasteiger partial charge >= 0.3 is 0 Å². The summed E-state index contributed by atoms with van der Waals surface area (Å²) in [5.74, 6) is -3.31. The Bertz CT molecular complexity index is 1200. The van der Waals surface area contributed by atoms with Crippen molar-refractivity contribution in [2.24, 2.45) is 0 Å². The van der Waals surface area contributed by atoms with Crippen LogP contribution in [0.25, 0.3) is 10.9 Å². The summed E-state index contributed by atoms with van der Waals surface area (Å²) in [5, 5.41) is 11.7. The van der Waals surface area contributed by atoms with E-state index >= 15 is 0 Å². The Kier molecular flexibility index (Phi) is 5.11. The van der Waals surface area contributed by atoms with Gasteiger partial charge in [0.2, 0.25) is 0 Å². The largest absolute Gasteiger partial charge is 0.505 e. The second-order valence-corrected chi connectivity index (χ2v) is 6.96. The highest BCUT2D eigenvalue weighted by atomic mass is 35.5. The molecule has 0 radical (unpaired) electrons. The molecule has 0 aliphatic heterocycles. The van der Waals surface area contributed by atoms with Crippen molar-refractivity contribution in [3.63, 3.8) is 0 Å². The third-order valence-electron chi connectivity index (χ3n) is 4.78. The molecule has 146 valence electrons. The normalized spacial score (nSPS) is 12.3. The van der Waals surface area contributed by atoms with E-state index in [9.17, 15) is 18.3 Å². The van der Waals surface area contributed by atoms with Crippen molar-refractivity contribution in [3.8, 4) is 5.75 Å². The van der Waals surface area contributed by atoms with E-state index in [-0.39, 0.29) is 28.5 Å². The monoisotopic (exact) mass is 414 g/mol. The highest BCUT2D eigenvalue weighted by Gasteiger charge is 2.27. The lowest BCUT2D eigenvalue weighted by Gasteiger charge is -2.21. The summed E-state index contributed by atoms with van der Waals surface area (Å²) < 4.78 is 42.3. The number of hydrogen-bond acceptors (Lipinski definition) is 3. The van der Waals surface area contributed by atoms with E-state index in [0.29, 0.717) is 22.5 Å². The Balaban J connectivity index is 1.92. The van der Waals surface area contributed by atoms with Gasteiger partial charge < -0.3 is 5.11 Å². The number of nitrogens with zero attached hydrogens (tertiary/aromatic N) is 2. The first-order valence-electron chi connectivity index (χ1n) is 8.76. The molecule has 4 aromatic rings. The highest BCUT2D eigenvalue weighted by molar-refractivity contribution is 6.31. The third-order valence-corrected chi connectivity index (χ3v) is 5.11. The highest BCUT2D eigenvalue weighted by Crippen LogP contribution is 2.41. The van der Waals surface area contributed by atoms with Gasteiger partial charge in [-0.3, -0.25) is 9.97 Å². The van der Waals surface area contributed by atoms with Crippen molar-refractivity contribution in [1.29, 1.82) is 0 Å². The van der Waals surface area contributed by atoms with E-state index in [1.807, 2.05) is 0 Å². The molecule has 0 spiro atoms. The van der Waals surface area contributed by atoms with E-state index in [4.69, 9.17) is 11.6 Å². The first kappa shape index (κ1) is 19.2. The summed E-state index contributed by atoms with van der Waals surface area (Å²) in [6.07, 6.45) is 2.27. The van der Waals surface area contributed by atoms with Crippen LogP contribution in [-0.4, -0.2) is 15.1 Å². The third kappa shape index (κ3) is 3.63. The number of aromatic nitrogens is 2. The van der Waals surface area contributed by atoms with Gasteiger partial charge in [-0.15, -0.1) is 0 Å². The Morgan fingerprint density at radius 1 is 0.966 bits per heavy atom. The molecule has 0 aliphatic rings. The minimum Gasteiger partial charge on any atom is -0.505 e. The van der Waals surface area contributed by atoms with Gasteiger partial charge in [-0.1, -0.05) is 35.9 Å². The molecule has 4 rings (SSSR count). The molecule has 0 amide bonds. The number of phenols is 1. The molecule has 1 atom stereocenters. The minimum absolute atomic E-state index is 0.0729. The molecule has 1 N–H and O–H groups in total. The van der Waals surface area contributed by atoms with Crippen molar-refractivity contribution < 1.29 is 18.3 Å². The fourth-order valence-corrected chi connectivity index (χ4v) is 3.72. The van der Waals surface area contributed by atoms with Gasteiger partial charge in [-0.25, -0.2) is 13.2 Å². The van der Waals surface area contributed by atoms with Crippen LogP contribution in [0.5, 0.6) is 5.75 Å². The molecular formula is C22H14ClF3N2O. The summed E-state index contributed by atoms with van der Waals surface area (Å²) in [5.41, 5.74) is 0.658. The Morgan fingerprint density at radius 2 is 1.79 bits per heavy atom. The number of fused-ring (bicyclic) bond motifs is 1. The Labute approximate surface area is 169 Å². The Hall–Kier alpha value is -3.12. The number of phenolic OH excluding ortho intramolecular Hbond substituents is 1. The van der Waals surface area contributed by atoms with Crippen LogP contribution in [0.4, 0.5) is 13.2 Å². The molecule has 0 bridgehead atoms. The van der Waals surface area contributed by atoms with Gasteiger partial charge in [0.15, 0.2) is 0 Å². The molecule has 0 saturated heterocycles. The van der Waals surface area contributed by atoms with Gasteiger partial charge in [0.05, 0.1) is 11.9 Å². The van der Waals surface area contributed by atoms with E-state index in [1.54, 1.807) is 24.3 Å². The van der Waals surface area contributed by atoms with Gasteiger partial charge in [-0.05, 0) is 18.2 Å². The average molecular weight is 415 g/mol. The van der Waals surface area contributed by atoms with E-state index in [1.165, 1.54) is 24.4 Å². The lowest BCUT2D eigenvalue weighted by Crippen LogP contribution is -2.11. The summed E-state index contributed by atoms with van der Waals surface area (Å²) >= 11 is 6.26. The molecule has 0 fully saturated rings. The maximum Gasteiger partial charge on any atom is 0.147 e. The number of benzene rings is 2. The maximum absolute atomic E-state index is 14.7. The number of halogens is 4. The number of aromatic hydroxyl groups is 1. The lowest BCUT2D eigenvalue weighted by atomic mass is 9.85. The standard InChI is InChI=1S/C22H14ClF3N2O/c23-16-4-1-5-17(25)20(16)15(10-19-18(26)9-13(24)11-28-19)14-7-6-12-3-2-8-27-21(12)22(14)29/h1-9,11,15,29H,10H2. The number of hydrogen-bond donors (Lipinski definition) is 1. The van der Waals surface area contributed by atoms with E-state index in [0.717, 1.165) is 6.20 Å². The maximum atomic E-state index is 14.7. The van der Waals surface area contributed by atoms with Crippen LogP contribution in [0.1, 0.15) is 22.7 Å². The molecule has 3 nitrogen and oxygen atoms in total. The lowest BCUT2D eigenvalue weighted by molar-refractivity contribution is 0.466. The second-order valence-electron chi connectivity index (χ2n) is 6.55. The van der Waals surface area contributed by atoms with Crippen LogP contribution in [0.15, 0.2) is 60.9 Å². The SMILES string of the molecule is Oc1c(C(Cc2ncc(F)cc2F)c2c(F)cccc2Cl)ccc2cccnc12. The number of rotatable bonds is 4. The zero-order valence-electron chi connectivity index (χ0n) is 14.9. The summed E-state index contributed by atoms with van der Waals surface area (Å²) in [6, 6.07) is 11.8. The van der Waals surface area contributed by atoms with Crippen LogP contribution < -0.4 is 0 Å². The van der Waals surface area contributed by atoms with Gasteiger partial charge in [-0.2, -0.15) is 0 Å². The first-order valence-corrected chi connectivity index (χ1v) is 9.14. The smallest absolute Gasteiger partial charge is 0.147 e. The fraction of sp³-hybridized carbons (Fsp3) is 0.0909. The molecule has 29 heavy (non-hydrogen) atoms. The molecule has 1 unspecified atom stereocenters. The van der Waals surface area contributed by atoms with Crippen LogP contribution in [0.3, 0.4) is 0 Å². The van der Waals surface area contributed by atoms with E-state index in [2.05, 4.69) is 9.97 Å². The fourth-order valence-electron chi connectivity index (χ4n) is 3.42. The minimum atomic E-state index is -0.873. The second kappa shape index (κ2) is 7.72. The summed E-state index contributed by atoms with van der Waals surface area (Å²) in [6.45, 7) is 0. The molecule has 2 heterocycles. The molecular weight excluding hydrogens is 401 g/mol. The summed E-state index contributed by atoms with van der Waals surface area (Å²) in [4.78, 5) is 7.99. The predicted octanol–water partition coefficient (Wildman–Crippen LogP) is 5.78. The molecule has 2 aromatic carbocycles. The van der Waals surface area contributed by atoms with Gasteiger partial charge in [0, 0.05) is 46.1 Å². The van der Waals surface area contributed by atoms with Crippen LogP contribution >= 0.6 is 11.6 Å². The van der Waals surface area contributed by atoms with Crippen molar-refractivity contribution >= 4 is 22.5 Å². The zero-order chi connectivity index (χ0) is 20.5. The molecule has 7 heteroatoms. The van der Waals surface area contributed by atoms with Crippen LogP contribution in [0, 0.1) is 17.5 Å². The predicted molar refractivity (Wildman–Crippen MR) is 105 cm³/mol. The molecule has 0 saturated carbocycles.